The number of nitrogens with zero attached hydrogens (tertiary/aromatic N) is 1. The molecule has 0 aliphatic carbocycles. The second kappa shape index (κ2) is 6.11. The molecule has 0 aliphatic rings. The number of amides is 1. The molecule has 0 fully saturated rings. The Bertz CT molecular complexity index is 543. The van der Waals surface area contributed by atoms with E-state index >= 15 is 0 Å². The van der Waals surface area contributed by atoms with Gasteiger partial charge in [-0.05, 0) is 48.0 Å². The van der Waals surface area contributed by atoms with Gasteiger partial charge in [-0.3, -0.25) is 10.2 Å². The maximum atomic E-state index is 11.5. The van der Waals surface area contributed by atoms with E-state index in [4.69, 9.17) is 16.3 Å². The largest absolute Gasteiger partial charge is 0.497 e. The van der Waals surface area contributed by atoms with Crippen LogP contribution < -0.4 is 15.2 Å². The maximum Gasteiger partial charge on any atom is 0.339 e. The fourth-order valence-electron chi connectivity index (χ4n) is 1.58. The first kappa shape index (κ1) is 13.2. The molecule has 0 atom stereocenters. The van der Waals surface area contributed by atoms with Crippen LogP contribution in [-0.2, 0) is 0 Å². The van der Waals surface area contributed by atoms with Gasteiger partial charge in [-0.2, -0.15) is 0 Å². The van der Waals surface area contributed by atoms with Gasteiger partial charge in [0.15, 0.2) is 0 Å². The molecule has 0 bridgehead atoms. The normalized spacial score (nSPS) is 9.79. The van der Waals surface area contributed by atoms with E-state index in [1.54, 1.807) is 43.5 Å². The van der Waals surface area contributed by atoms with Crippen molar-refractivity contribution in [2.45, 2.75) is 0 Å². The van der Waals surface area contributed by atoms with Gasteiger partial charge in [-0.25, -0.2) is 5.01 Å². The molecule has 19 heavy (non-hydrogen) atoms. The topological polar surface area (TPSA) is 41.6 Å². The third kappa shape index (κ3) is 3.39. The number of benzene rings is 2. The summed E-state index contributed by atoms with van der Waals surface area (Å²) in [4.78, 5) is 11.5. The summed E-state index contributed by atoms with van der Waals surface area (Å²) in [5, 5.41) is 0.658. The fraction of sp³-hybridized carbons (Fsp3) is 0.0714. The number of para-hydroxylation sites is 1. The molecule has 0 saturated heterocycles. The molecular weight excluding hydrogens is 264 g/mol. The number of methoxy groups -OCH3 is 1. The van der Waals surface area contributed by atoms with Gasteiger partial charge in [0.2, 0.25) is 0 Å². The number of hydrazine groups is 1. The Morgan fingerprint density at radius 1 is 1.11 bits per heavy atom. The molecule has 2 aromatic rings. The van der Waals surface area contributed by atoms with Crippen LogP contribution in [0.25, 0.3) is 0 Å². The highest BCUT2D eigenvalue weighted by Crippen LogP contribution is 2.20. The fourth-order valence-corrected chi connectivity index (χ4v) is 1.72. The van der Waals surface area contributed by atoms with E-state index in [9.17, 15) is 4.79 Å². The maximum absolute atomic E-state index is 11.5. The van der Waals surface area contributed by atoms with Crippen molar-refractivity contribution < 1.29 is 9.53 Å². The summed E-state index contributed by atoms with van der Waals surface area (Å²) in [5.74, 6) is 0.744. The van der Waals surface area contributed by atoms with Gasteiger partial charge < -0.3 is 4.74 Å². The number of nitrogens with one attached hydrogen (secondary N) is 1. The standard InChI is InChI=1S/C14H13ClN2O2/c1-19-13-9-7-11(8-10-13)16-17(14(15)18)12-5-3-2-4-6-12/h2-10,16H,1H3. The highest BCUT2D eigenvalue weighted by molar-refractivity contribution is 6.66. The Morgan fingerprint density at radius 3 is 2.26 bits per heavy atom. The van der Waals surface area contributed by atoms with E-state index in [1.807, 2.05) is 18.2 Å². The van der Waals surface area contributed by atoms with E-state index in [-0.39, 0.29) is 0 Å². The predicted molar refractivity (Wildman–Crippen MR) is 76.8 cm³/mol. The summed E-state index contributed by atoms with van der Waals surface area (Å²) in [6, 6.07) is 16.3. The zero-order valence-electron chi connectivity index (χ0n) is 10.3. The molecule has 0 spiro atoms. The minimum atomic E-state index is -0.609. The van der Waals surface area contributed by atoms with Crippen LogP contribution >= 0.6 is 11.6 Å². The summed E-state index contributed by atoms with van der Waals surface area (Å²) < 4.78 is 5.07. The van der Waals surface area contributed by atoms with E-state index in [0.717, 1.165) is 11.4 Å². The second-order valence-electron chi connectivity index (χ2n) is 3.76. The van der Waals surface area contributed by atoms with Gasteiger partial charge in [-0.15, -0.1) is 0 Å². The van der Waals surface area contributed by atoms with Crippen LogP contribution in [0.1, 0.15) is 0 Å². The average molecular weight is 277 g/mol. The lowest BCUT2D eigenvalue weighted by atomic mass is 10.3. The Balaban J connectivity index is 2.19. The van der Waals surface area contributed by atoms with Crippen LogP contribution in [0.3, 0.4) is 0 Å². The van der Waals surface area contributed by atoms with Crippen molar-refractivity contribution >= 4 is 28.3 Å². The van der Waals surface area contributed by atoms with Gasteiger partial charge in [-0.1, -0.05) is 18.2 Å². The van der Waals surface area contributed by atoms with Gasteiger partial charge >= 0.3 is 5.37 Å². The molecular formula is C14H13ClN2O2. The molecule has 4 nitrogen and oxygen atoms in total. The smallest absolute Gasteiger partial charge is 0.339 e. The Morgan fingerprint density at radius 2 is 1.74 bits per heavy atom. The molecule has 2 rings (SSSR count). The van der Waals surface area contributed by atoms with Crippen LogP contribution in [0.2, 0.25) is 0 Å². The second-order valence-corrected chi connectivity index (χ2v) is 4.09. The van der Waals surface area contributed by atoms with Crippen LogP contribution in [0.15, 0.2) is 54.6 Å². The minimum Gasteiger partial charge on any atom is -0.497 e. The van der Waals surface area contributed by atoms with Crippen LogP contribution in [0.5, 0.6) is 5.75 Å². The van der Waals surface area contributed by atoms with E-state index in [1.165, 1.54) is 5.01 Å². The summed E-state index contributed by atoms with van der Waals surface area (Å²) in [6.45, 7) is 0. The highest BCUT2D eigenvalue weighted by Gasteiger charge is 2.12. The summed E-state index contributed by atoms with van der Waals surface area (Å²) in [7, 11) is 1.60. The van der Waals surface area contributed by atoms with Crippen molar-refractivity contribution in [2.75, 3.05) is 17.5 Å². The van der Waals surface area contributed by atoms with Crippen LogP contribution in [-0.4, -0.2) is 12.5 Å². The molecule has 1 N–H and O–H groups in total. The molecule has 0 aliphatic heterocycles. The molecule has 0 unspecified atom stereocenters. The molecule has 2 aromatic carbocycles. The van der Waals surface area contributed by atoms with Crippen LogP contribution in [0, 0.1) is 0 Å². The number of halogens is 1. The Labute approximate surface area is 116 Å². The van der Waals surface area contributed by atoms with Crippen LogP contribution in [0.4, 0.5) is 16.2 Å². The van der Waals surface area contributed by atoms with Crippen molar-refractivity contribution in [1.29, 1.82) is 0 Å². The summed E-state index contributed by atoms with van der Waals surface area (Å²) in [5.41, 5.74) is 4.34. The molecule has 5 heteroatoms. The predicted octanol–water partition coefficient (Wildman–Crippen LogP) is 3.89. The number of carbonyl (C=O) groups is 1. The molecule has 0 radical (unpaired) electrons. The van der Waals surface area contributed by atoms with E-state index in [2.05, 4.69) is 5.43 Å². The molecule has 1 amide bonds. The number of rotatable bonds is 4. The lowest BCUT2D eigenvalue weighted by molar-refractivity contribution is 0.265. The van der Waals surface area contributed by atoms with E-state index < -0.39 is 5.37 Å². The molecule has 0 aromatic heterocycles. The monoisotopic (exact) mass is 276 g/mol. The van der Waals surface area contributed by atoms with Crippen molar-refractivity contribution in [1.82, 2.24) is 0 Å². The molecule has 0 heterocycles. The van der Waals surface area contributed by atoms with Crippen molar-refractivity contribution in [3.05, 3.63) is 54.6 Å². The average Bonchev–Trinajstić information content (AvgIpc) is 2.46. The quantitative estimate of drug-likeness (QED) is 0.523. The first-order valence-corrected chi connectivity index (χ1v) is 6.04. The number of hydrogen-bond acceptors (Lipinski definition) is 3. The zero-order chi connectivity index (χ0) is 13.7. The van der Waals surface area contributed by atoms with Crippen molar-refractivity contribution in [3.8, 4) is 5.75 Å². The molecule has 98 valence electrons. The lowest BCUT2D eigenvalue weighted by Gasteiger charge is -2.21. The first-order valence-electron chi connectivity index (χ1n) is 5.66. The minimum absolute atomic E-state index is 0.609. The van der Waals surface area contributed by atoms with Gasteiger partial charge in [0, 0.05) is 0 Å². The Hall–Kier alpha value is -2.20. The van der Waals surface area contributed by atoms with Gasteiger partial charge in [0.1, 0.15) is 5.75 Å². The highest BCUT2D eigenvalue weighted by atomic mass is 35.5. The third-order valence-electron chi connectivity index (χ3n) is 2.52. The third-order valence-corrected chi connectivity index (χ3v) is 2.69. The molecule has 0 saturated carbocycles. The number of hydrogen-bond donors (Lipinski definition) is 1. The number of carbonyl (C=O) groups excluding carboxylic acids is 1. The first-order chi connectivity index (χ1) is 9.20. The van der Waals surface area contributed by atoms with Gasteiger partial charge in [0.25, 0.3) is 0 Å². The van der Waals surface area contributed by atoms with Crippen molar-refractivity contribution in [2.24, 2.45) is 0 Å². The number of ether oxygens (including phenoxy) is 1. The number of anilines is 2. The van der Waals surface area contributed by atoms with E-state index in [0.29, 0.717) is 5.69 Å². The van der Waals surface area contributed by atoms with Gasteiger partial charge in [0.05, 0.1) is 18.5 Å². The lowest BCUT2D eigenvalue weighted by Crippen LogP contribution is -2.32. The SMILES string of the molecule is COc1ccc(NN(C(=O)Cl)c2ccccc2)cc1. The zero-order valence-corrected chi connectivity index (χ0v) is 11.1. The van der Waals surface area contributed by atoms with Crippen molar-refractivity contribution in [3.63, 3.8) is 0 Å². The summed E-state index contributed by atoms with van der Waals surface area (Å²) in [6.07, 6.45) is 0. The summed E-state index contributed by atoms with van der Waals surface area (Å²) >= 11 is 5.59. The Kier molecular flexibility index (Phi) is 4.26.